The van der Waals surface area contributed by atoms with Gasteiger partial charge in [-0.2, -0.15) is 5.10 Å². The highest BCUT2D eigenvalue weighted by molar-refractivity contribution is 6.45. The van der Waals surface area contributed by atoms with Gasteiger partial charge in [-0.15, -0.1) is 5.10 Å². The Morgan fingerprint density at radius 1 is 0.696 bits per heavy atom. The predicted molar refractivity (Wildman–Crippen MR) is 220 cm³/mol. The van der Waals surface area contributed by atoms with Crippen LogP contribution < -0.4 is 25.9 Å². The van der Waals surface area contributed by atoms with Crippen LogP contribution in [0, 0.1) is 6.92 Å². The predicted octanol–water partition coefficient (Wildman–Crippen LogP) is 2.20. The van der Waals surface area contributed by atoms with E-state index in [1.54, 1.807) is 44.4 Å². The van der Waals surface area contributed by atoms with Crippen molar-refractivity contribution >= 4 is 47.4 Å². The van der Waals surface area contributed by atoms with Crippen LogP contribution in [0.5, 0.6) is 0 Å². The molecule has 2 aliphatic heterocycles. The first kappa shape index (κ1) is 44.5. The van der Waals surface area contributed by atoms with E-state index >= 15 is 0 Å². The van der Waals surface area contributed by atoms with Crippen molar-refractivity contribution in [3.8, 4) is 11.4 Å². The summed E-state index contributed by atoms with van der Waals surface area (Å²) >= 11 is 0. The normalized spacial score (nSPS) is 13.4. The number of fused-ring (bicyclic) bond motifs is 2. The third kappa shape index (κ3) is 10.7. The fraction of sp³-hybridized carbons (Fsp3) is 0.333. The second-order valence-corrected chi connectivity index (χ2v) is 12.1. The molecule has 1 radical (unpaired) electrons. The molecule has 16 nitrogen and oxygen atoms in total. The van der Waals surface area contributed by atoms with E-state index in [-0.39, 0.29) is 32.1 Å². The largest absolute Gasteiger partial charge is 0.450 e. The van der Waals surface area contributed by atoms with Gasteiger partial charge in [0, 0.05) is 69.4 Å². The Morgan fingerprint density at radius 3 is 1.73 bits per heavy atom. The smallest absolute Gasteiger partial charge is 0.326 e. The van der Waals surface area contributed by atoms with E-state index in [1.165, 1.54) is 0 Å². The molecule has 0 bridgehead atoms. The van der Waals surface area contributed by atoms with E-state index < -0.39 is 0 Å². The Balaban J connectivity index is 0.000000236. The summed E-state index contributed by atoms with van der Waals surface area (Å²) in [5.74, 6) is 3.02. The average Bonchev–Trinajstić information content (AvgIpc) is 3.91. The van der Waals surface area contributed by atoms with Crippen LogP contribution in [-0.4, -0.2) is 126 Å². The highest BCUT2D eigenvalue weighted by Gasteiger charge is 2.19. The molecule has 2 aliphatic rings. The first-order valence-electron chi connectivity index (χ1n) is 17.3. The molecule has 2 fully saturated rings. The van der Waals surface area contributed by atoms with Crippen molar-refractivity contribution in [2.24, 2.45) is 0 Å². The van der Waals surface area contributed by atoms with E-state index in [9.17, 15) is 9.59 Å². The lowest BCUT2D eigenvalue weighted by Gasteiger charge is -2.28. The van der Waals surface area contributed by atoms with Crippen LogP contribution in [0.1, 0.15) is 41.4 Å². The molecule has 4 aromatic heterocycles. The Morgan fingerprint density at radius 2 is 1.20 bits per heavy atom. The van der Waals surface area contributed by atoms with Crippen LogP contribution in [0.3, 0.4) is 0 Å². The van der Waals surface area contributed by atoms with Gasteiger partial charge in [0.05, 0.1) is 26.4 Å². The molecule has 5 N–H and O–H groups in total. The number of ether oxygens (including phenoxy) is 2. The molecule has 2 saturated heterocycles. The molecule has 0 aliphatic carbocycles. The number of hydrogen-bond donors (Lipinski definition) is 3. The summed E-state index contributed by atoms with van der Waals surface area (Å²) in [7, 11) is 4.15. The van der Waals surface area contributed by atoms with E-state index in [1.807, 2.05) is 70.8 Å². The third-order valence-corrected chi connectivity index (χ3v) is 8.61. The van der Waals surface area contributed by atoms with E-state index in [0.29, 0.717) is 35.6 Å². The number of morpholine rings is 2. The number of anilines is 2. The zero-order valence-corrected chi connectivity index (χ0v) is 30.5. The Hall–Kier alpha value is -5.88. The molecule has 2 amide bonds. The summed E-state index contributed by atoms with van der Waals surface area (Å²) in [6.45, 7) is 8.26. The lowest BCUT2D eigenvalue weighted by molar-refractivity contribution is 0.0955. The molecular formula is C39H52BN10O6. The molecule has 0 atom stereocenters. The fourth-order valence-electron chi connectivity index (χ4n) is 5.93. The van der Waals surface area contributed by atoms with Gasteiger partial charge in [-0.3, -0.25) is 9.59 Å². The number of carbonyl (C=O) groups excluding carboxylic acids is 2. The summed E-state index contributed by atoms with van der Waals surface area (Å²) in [4.78, 5) is 36.8. The first-order valence-corrected chi connectivity index (χ1v) is 17.3. The Labute approximate surface area is 328 Å². The maximum Gasteiger partial charge on any atom is 0.326 e. The number of amides is 2. The number of aryl methyl sites for hydroxylation is 1. The molecule has 6 heterocycles. The number of rotatable bonds is 6. The number of nitrogens with one attached hydrogen (secondary N) is 2. The van der Waals surface area contributed by atoms with Crippen molar-refractivity contribution in [1.82, 2.24) is 39.8 Å². The highest BCUT2D eigenvalue weighted by atomic mass is 16.5. The van der Waals surface area contributed by atoms with Gasteiger partial charge >= 0.3 is 7.48 Å². The number of aromatic nitrogens is 6. The third-order valence-electron chi connectivity index (χ3n) is 8.61. The monoisotopic (exact) mass is 767 g/mol. The minimum atomic E-state index is -0.154. The van der Waals surface area contributed by atoms with E-state index in [2.05, 4.69) is 35.6 Å². The minimum absolute atomic E-state index is 0. The van der Waals surface area contributed by atoms with Crippen molar-refractivity contribution in [2.45, 2.75) is 21.8 Å². The first-order chi connectivity index (χ1) is 25.9. The molecule has 56 heavy (non-hydrogen) atoms. The average molecular weight is 768 g/mol. The summed E-state index contributed by atoms with van der Waals surface area (Å²) in [5.41, 5.74) is 4.59. The van der Waals surface area contributed by atoms with Crippen LogP contribution >= 0.6 is 0 Å². The summed E-state index contributed by atoms with van der Waals surface area (Å²) in [6, 6.07) is 22.1. The lowest BCUT2D eigenvalue weighted by Crippen LogP contribution is -2.37. The number of benzene rings is 2. The molecule has 2 aromatic carbocycles. The van der Waals surface area contributed by atoms with Crippen molar-refractivity contribution < 1.29 is 29.6 Å². The SMILES string of the molecule is C.C.CNC(=O)c1cccc(-c2nc(N3CCOCC3)c3cccn3n2)c1.CNC(=O)c1cccc([B]O)c1.Cc1nc(N2CCOCC2)c2cccn2n1.O. The van der Waals surface area contributed by atoms with Gasteiger partial charge in [-0.25, -0.2) is 19.0 Å². The molecular weight excluding hydrogens is 715 g/mol. The topological polar surface area (TPSA) is 195 Å². The van der Waals surface area contributed by atoms with Crippen molar-refractivity contribution in [1.29, 1.82) is 0 Å². The van der Waals surface area contributed by atoms with Gasteiger partial charge in [-0.1, -0.05) is 50.6 Å². The van der Waals surface area contributed by atoms with Crippen molar-refractivity contribution in [3.63, 3.8) is 0 Å². The maximum atomic E-state index is 11.9. The van der Waals surface area contributed by atoms with Gasteiger partial charge in [-0.05, 0) is 49.4 Å². The van der Waals surface area contributed by atoms with Crippen LogP contribution in [0.25, 0.3) is 22.4 Å². The van der Waals surface area contributed by atoms with Gasteiger partial charge in [0.25, 0.3) is 11.8 Å². The van der Waals surface area contributed by atoms with Crippen LogP contribution in [0.4, 0.5) is 11.6 Å². The lowest BCUT2D eigenvalue weighted by atomic mass is 9.87. The molecule has 17 heteroatoms. The van der Waals surface area contributed by atoms with Gasteiger partial charge in [0.2, 0.25) is 0 Å². The maximum absolute atomic E-state index is 11.9. The number of carbonyl (C=O) groups is 2. The molecule has 297 valence electrons. The summed E-state index contributed by atoms with van der Waals surface area (Å²) < 4.78 is 14.5. The second kappa shape index (κ2) is 21.3. The molecule has 0 spiro atoms. The second-order valence-electron chi connectivity index (χ2n) is 12.1. The van der Waals surface area contributed by atoms with Crippen molar-refractivity contribution in [3.05, 3.63) is 102 Å². The molecule has 6 aromatic rings. The van der Waals surface area contributed by atoms with E-state index in [4.69, 9.17) is 19.5 Å². The van der Waals surface area contributed by atoms with Crippen LogP contribution in [0.2, 0.25) is 0 Å². The number of nitrogens with zero attached hydrogens (tertiary/aromatic N) is 8. The molecule has 0 unspecified atom stereocenters. The van der Waals surface area contributed by atoms with Gasteiger partial charge in [0.15, 0.2) is 17.5 Å². The quantitative estimate of drug-likeness (QED) is 0.210. The fourth-order valence-corrected chi connectivity index (χ4v) is 5.93. The van der Waals surface area contributed by atoms with E-state index in [0.717, 1.165) is 80.9 Å². The molecule has 8 rings (SSSR count). The van der Waals surface area contributed by atoms with Gasteiger partial charge < -0.3 is 40.4 Å². The number of hydrogen-bond acceptors (Lipinski definition) is 11. The molecule has 0 saturated carbocycles. The Bertz CT molecular complexity index is 2170. The zero-order chi connectivity index (χ0) is 37.2. The minimum Gasteiger partial charge on any atom is -0.450 e. The van der Waals surface area contributed by atoms with Crippen LogP contribution in [-0.2, 0) is 9.47 Å². The highest BCUT2D eigenvalue weighted by Crippen LogP contribution is 2.25. The summed E-state index contributed by atoms with van der Waals surface area (Å²) in [6.07, 6.45) is 3.86. The Kier molecular flexibility index (Phi) is 16.9. The zero-order valence-electron chi connectivity index (χ0n) is 30.5. The standard InChI is InChI=1S/C18H19N5O2.C11H14N4O.C8H9BNO2.2CH4.H2O/c1-19-18(24)14-5-2-4-13(12-14)16-20-17(22-8-10-25-11-9-22)15-6-3-7-23(15)21-16;1-9-12-11(14-5-7-16-8-6-14)10-3-2-4-15(10)13-9;1-10-8(11)6-3-2-4-7(5-6)9-12;;;/h2-7,12H,8-11H2,1H3,(H,19,24);2-4H,5-8H2,1H3;2-5,12H,1H3,(H,10,11);2*1H4;1H2. The van der Waals surface area contributed by atoms with Crippen LogP contribution in [0.15, 0.2) is 85.2 Å². The van der Waals surface area contributed by atoms with Gasteiger partial charge in [0.1, 0.15) is 16.9 Å². The summed E-state index contributed by atoms with van der Waals surface area (Å²) in [5, 5.41) is 22.7. The van der Waals surface area contributed by atoms with Crippen molar-refractivity contribution in [2.75, 3.05) is 76.5 Å².